The number of alkyl halides is 3. The minimum atomic E-state index is -4.43. The smallest absolute Gasteiger partial charge is 0.315 e. The van der Waals surface area contributed by atoms with Crippen molar-refractivity contribution in [3.8, 4) is 0 Å². The molecule has 18 heavy (non-hydrogen) atoms. The Kier molecular flexibility index (Phi) is 2.64. The molecule has 98 valence electrons. The molecule has 2 aromatic heterocycles. The van der Waals surface area contributed by atoms with Crippen LogP contribution in [0.3, 0.4) is 0 Å². The normalized spacial score (nSPS) is 13.3. The zero-order chi connectivity index (χ0) is 13.7. The zero-order valence-corrected chi connectivity index (χ0v) is 10.6. The van der Waals surface area contributed by atoms with E-state index in [1.807, 2.05) is 20.8 Å². The standard InChI is InChI=1S/C12H14F3N3/c1-11(2,3)10-16-7-5-6-8(12(13,14)15)17-9(7)18(10)4/h5-6H,1-4H3. The van der Waals surface area contributed by atoms with Gasteiger partial charge >= 0.3 is 6.18 Å². The highest BCUT2D eigenvalue weighted by atomic mass is 19.4. The van der Waals surface area contributed by atoms with E-state index in [9.17, 15) is 13.2 Å². The summed E-state index contributed by atoms with van der Waals surface area (Å²) in [5.41, 5.74) is -0.392. The summed E-state index contributed by atoms with van der Waals surface area (Å²) in [5.74, 6) is 0.712. The number of nitrogens with zero attached hydrogens (tertiary/aromatic N) is 3. The van der Waals surface area contributed by atoms with Gasteiger partial charge in [-0.05, 0) is 12.1 Å². The molecule has 0 saturated heterocycles. The van der Waals surface area contributed by atoms with Crippen LogP contribution < -0.4 is 0 Å². The molecule has 0 N–H and O–H groups in total. The maximum Gasteiger partial charge on any atom is 0.433 e. The summed E-state index contributed by atoms with van der Waals surface area (Å²) in [6, 6.07) is 2.32. The van der Waals surface area contributed by atoms with Gasteiger partial charge in [0.15, 0.2) is 5.65 Å². The van der Waals surface area contributed by atoms with Crippen LogP contribution in [0.15, 0.2) is 12.1 Å². The number of halogens is 3. The van der Waals surface area contributed by atoms with Crippen molar-refractivity contribution in [1.82, 2.24) is 14.5 Å². The summed E-state index contributed by atoms with van der Waals surface area (Å²) in [6.07, 6.45) is -4.43. The second-order valence-corrected chi connectivity index (χ2v) is 5.28. The maximum absolute atomic E-state index is 12.6. The molecule has 0 saturated carbocycles. The first-order valence-electron chi connectivity index (χ1n) is 5.52. The Bertz CT molecular complexity index is 591. The van der Waals surface area contributed by atoms with Gasteiger partial charge in [-0.2, -0.15) is 13.2 Å². The van der Waals surface area contributed by atoms with Gasteiger partial charge in [0.1, 0.15) is 17.0 Å². The molecule has 2 heterocycles. The van der Waals surface area contributed by atoms with Crippen LogP contribution in [0.1, 0.15) is 32.3 Å². The molecule has 0 unspecified atom stereocenters. The maximum atomic E-state index is 12.6. The number of rotatable bonds is 0. The van der Waals surface area contributed by atoms with E-state index in [1.54, 1.807) is 11.6 Å². The predicted molar refractivity (Wildman–Crippen MR) is 62.2 cm³/mol. The number of hydrogen-bond donors (Lipinski definition) is 0. The van der Waals surface area contributed by atoms with Crippen molar-refractivity contribution in [2.75, 3.05) is 0 Å². The Morgan fingerprint density at radius 3 is 2.17 bits per heavy atom. The van der Waals surface area contributed by atoms with Crippen LogP contribution in [0, 0.1) is 0 Å². The zero-order valence-electron chi connectivity index (χ0n) is 10.6. The fraction of sp³-hybridized carbons (Fsp3) is 0.500. The third-order valence-electron chi connectivity index (χ3n) is 2.68. The lowest BCUT2D eigenvalue weighted by molar-refractivity contribution is -0.141. The first-order chi connectivity index (χ1) is 8.10. The van der Waals surface area contributed by atoms with Gasteiger partial charge in [0, 0.05) is 12.5 Å². The summed E-state index contributed by atoms with van der Waals surface area (Å²) in [5, 5.41) is 0. The predicted octanol–water partition coefficient (Wildman–Crippen LogP) is 3.28. The third-order valence-corrected chi connectivity index (χ3v) is 2.68. The van der Waals surface area contributed by atoms with Gasteiger partial charge in [0.2, 0.25) is 0 Å². The van der Waals surface area contributed by atoms with Crippen LogP contribution in [0.4, 0.5) is 13.2 Å². The topological polar surface area (TPSA) is 30.7 Å². The average Bonchev–Trinajstić information content (AvgIpc) is 2.54. The summed E-state index contributed by atoms with van der Waals surface area (Å²) in [4.78, 5) is 8.00. The summed E-state index contributed by atoms with van der Waals surface area (Å²) in [6.45, 7) is 5.87. The lowest BCUT2D eigenvalue weighted by Crippen LogP contribution is -2.17. The van der Waals surface area contributed by atoms with Crippen molar-refractivity contribution in [3.63, 3.8) is 0 Å². The molecule has 0 amide bonds. The molecule has 6 heteroatoms. The monoisotopic (exact) mass is 257 g/mol. The van der Waals surface area contributed by atoms with E-state index in [1.165, 1.54) is 6.07 Å². The highest BCUT2D eigenvalue weighted by Crippen LogP contribution is 2.30. The summed E-state index contributed by atoms with van der Waals surface area (Å²) < 4.78 is 39.4. The molecule has 0 fully saturated rings. The first kappa shape index (κ1) is 12.9. The van der Waals surface area contributed by atoms with E-state index in [-0.39, 0.29) is 11.1 Å². The fourth-order valence-electron chi connectivity index (χ4n) is 1.89. The molecule has 0 spiro atoms. The van der Waals surface area contributed by atoms with Crippen LogP contribution >= 0.6 is 0 Å². The van der Waals surface area contributed by atoms with Crippen molar-refractivity contribution >= 4 is 11.2 Å². The number of imidazole rings is 1. The molecule has 0 aromatic carbocycles. The Labute approximate surface area is 103 Å². The fourth-order valence-corrected chi connectivity index (χ4v) is 1.89. The van der Waals surface area contributed by atoms with Crippen LogP contribution in [-0.2, 0) is 18.6 Å². The van der Waals surface area contributed by atoms with E-state index in [0.29, 0.717) is 11.3 Å². The number of aromatic nitrogens is 3. The molecular formula is C12H14F3N3. The molecule has 3 nitrogen and oxygen atoms in total. The molecule has 0 aliphatic rings. The highest BCUT2D eigenvalue weighted by Gasteiger charge is 2.33. The van der Waals surface area contributed by atoms with Crippen LogP contribution in [0.2, 0.25) is 0 Å². The molecule has 2 rings (SSSR count). The lowest BCUT2D eigenvalue weighted by atomic mass is 9.96. The van der Waals surface area contributed by atoms with Gasteiger partial charge in [-0.1, -0.05) is 20.8 Å². The Morgan fingerprint density at radius 2 is 1.67 bits per heavy atom. The second kappa shape index (κ2) is 3.70. The molecule has 0 radical (unpaired) electrons. The number of fused-ring (bicyclic) bond motifs is 1. The Hall–Kier alpha value is -1.59. The van der Waals surface area contributed by atoms with Gasteiger partial charge in [0.25, 0.3) is 0 Å². The van der Waals surface area contributed by atoms with Gasteiger partial charge in [-0.3, -0.25) is 0 Å². The number of hydrogen-bond acceptors (Lipinski definition) is 2. The molecular weight excluding hydrogens is 243 g/mol. The van der Waals surface area contributed by atoms with Crippen molar-refractivity contribution in [2.24, 2.45) is 7.05 Å². The molecule has 2 aromatic rings. The van der Waals surface area contributed by atoms with Gasteiger partial charge in [-0.25, -0.2) is 9.97 Å². The van der Waals surface area contributed by atoms with Crippen LogP contribution in [0.25, 0.3) is 11.2 Å². The lowest BCUT2D eigenvalue weighted by Gasteiger charge is -2.17. The van der Waals surface area contributed by atoms with Crippen molar-refractivity contribution in [2.45, 2.75) is 32.4 Å². The largest absolute Gasteiger partial charge is 0.433 e. The van der Waals surface area contributed by atoms with Crippen LogP contribution in [0.5, 0.6) is 0 Å². The molecule has 0 bridgehead atoms. The van der Waals surface area contributed by atoms with E-state index < -0.39 is 11.9 Å². The van der Waals surface area contributed by atoms with Crippen molar-refractivity contribution < 1.29 is 13.2 Å². The second-order valence-electron chi connectivity index (χ2n) is 5.28. The minimum absolute atomic E-state index is 0.242. The van der Waals surface area contributed by atoms with Crippen molar-refractivity contribution in [3.05, 3.63) is 23.7 Å². The third kappa shape index (κ3) is 2.07. The van der Waals surface area contributed by atoms with E-state index >= 15 is 0 Å². The molecule has 0 aliphatic carbocycles. The van der Waals surface area contributed by atoms with E-state index in [2.05, 4.69) is 9.97 Å². The number of pyridine rings is 1. The first-order valence-corrected chi connectivity index (χ1v) is 5.52. The molecule has 0 aliphatic heterocycles. The van der Waals surface area contributed by atoms with Crippen LogP contribution in [-0.4, -0.2) is 14.5 Å². The van der Waals surface area contributed by atoms with E-state index in [4.69, 9.17) is 0 Å². The van der Waals surface area contributed by atoms with Gasteiger partial charge in [-0.15, -0.1) is 0 Å². The van der Waals surface area contributed by atoms with Crippen molar-refractivity contribution in [1.29, 1.82) is 0 Å². The average molecular weight is 257 g/mol. The quantitative estimate of drug-likeness (QED) is 0.725. The van der Waals surface area contributed by atoms with E-state index in [0.717, 1.165) is 6.07 Å². The Balaban J connectivity index is 2.68. The summed E-state index contributed by atoms with van der Waals surface area (Å²) >= 11 is 0. The summed E-state index contributed by atoms with van der Waals surface area (Å²) in [7, 11) is 1.68. The minimum Gasteiger partial charge on any atom is -0.315 e. The van der Waals surface area contributed by atoms with Gasteiger partial charge in [0.05, 0.1) is 0 Å². The number of aryl methyl sites for hydroxylation is 1. The SMILES string of the molecule is Cn1c(C(C)(C)C)nc2ccc(C(F)(F)F)nc21. The van der Waals surface area contributed by atoms with Gasteiger partial charge < -0.3 is 4.57 Å². The Morgan fingerprint density at radius 1 is 1.06 bits per heavy atom. The highest BCUT2D eigenvalue weighted by molar-refractivity contribution is 5.72. The molecule has 0 atom stereocenters.